The Kier molecular flexibility index (Phi) is 2.23. The van der Waals surface area contributed by atoms with E-state index in [9.17, 15) is 4.79 Å². The standard InChI is InChI=1S/C9H12ClN3O/c1-9(2-3-9)4-11-7-6(10)8(14)13-5-12-7/h5H,2-4H2,1H3,(H2,11,12,13,14). The number of anilines is 1. The third kappa shape index (κ3) is 1.90. The summed E-state index contributed by atoms with van der Waals surface area (Å²) in [5.74, 6) is 0.476. The number of H-pyrrole nitrogens is 1. The van der Waals surface area contributed by atoms with Gasteiger partial charge >= 0.3 is 0 Å². The number of hydrogen-bond acceptors (Lipinski definition) is 3. The fourth-order valence-corrected chi connectivity index (χ4v) is 1.36. The van der Waals surface area contributed by atoms with Crippen LogP contribution in [0.5, 0.6) is 0 Å². The highest BCUT2D eigenvalue weighted by molar-refractivity contribution is 6.32. The molecule has 0 unspecified atom stereocenters. The topological polar surface area (TPSA) is 57.8 Å². The maximum atomic E-state index is 11.1. The van der Waals surface area contributed by atoms with Crippen LogP contribution in [0.15, 0.2) is 11.1 Å². The lowest BCUT2D eigenvalue weighted by atomic mass is 10.1. The Morgan fingerprint density at radius 3 is 3.07 bits per heavy atom. The average molecular weight is 214 g/mol. The van der Waals surface area contributed by atoms with Crippen molar-refractivity contribution in [1.82, 2.24) is 9.97 Å². The fourth-order valence-electron chi connectivity index (χ4n) is 1.19. The second-order valence-electron chi connectivity index (χ2n) is 4.06. The molecule has 1 aliphatic rings. The first-order valence-electron chi connectivity index (χ1n) is 4.58. The second kappa shape index (κ2) is 3.28. The molecule has 1 aromatic rings. The number of nitrogens with zero attached hydrogens (tertiary/aromatic N) is 1. The smallest absolute Gasteiger partial charge is 0.271 e. The summed E-state index contributed by atoms with van der Waals surface area (Å²) in [6.07, 6.45) is 3.80. The first-order valence-corrected chi connectivity index (χ1v) is 4.96. The molecule has 1 fully saturated rings. The zero-order valence-electron chi connectivity index (χ0n) is 7.93. The average Bonchev–Trinajstić information content (AvgIpc) is 2.88. The Labute approximate surface area is 86.7 Å². The highest BCUT2D eigenvalue weighted by Crippen LogP contribution is 2.44. The monoisotopic (exact) mass is 213 g/mol. The Morgan fingerprint density at radius 2 is 2.43 bits per heavy atom. The first kappa shape index (κ1) is 9.52. The van der Waals surface area contributed by atoms with Crippen LogP contribution in [0.1, 0.15) is 19.8 Å². The molecule has 0 radical (unpaired) electrons. The summed E-state index contributed by atoms with van der Waals surface area (Å²) in [7, 11) is 0. The molecule has 0 amide bonds. The number of hydrogen-bond donors (Lipinski definition) is 2. The van der Waals surface area contributed by atoms with Crippen molar-refractivity contribution in [1.29, 1.82) is 0 Å². The maximum Gasteiger partial charge on any atom is 0.271 e. The molecule has 0 aliphatic heterocycles. The normalized spacial score (nSPS) is 17.9. The Hall–Kier alpha value is -1.03. The Bertz CT molecular complexity index is 397. The number of rotatable bonds is 3. The summed E-state index contributed by atoms with van der Waals surface area (Å²) in [5, 5.41) is 3.23. The minimum Gasteiger partial charge on any atom is -0.368 e. The Morgan fingerprint density at radius 1 is 1.71 bits per heavy atom. The van der Waals surface area contributed by atoms with Crippen molar-refractivity contribution in [3.63, 3.8) is 0 Å². The van der Waals surface area contributed by atoms with Crippen molar-refractivity contribution < 1.29 is 0 Å². The summed E-state index contributed by atoms with van der Waals surface area (Å²) >= 11 is 5.77. The van der Waals surface area contributed by atoms with Gasteiger partial charge in [-0.2, -0.15) is 0 Å². The lowest BCUT2D eigenvalue weighted by Crippen LogP contribution is -2.16. The predicted molar refractivity (Wildman–Crippen MR) is 55.7 cm³/mol. The third-order valence-electron chi connectivity index (χ3n) is 2.58. The molecule has 14 heavy (non-hydrogen) atoms. The van der Waals surface area contributed by atoms with Crippen LogP contribution >= 0.6 is 11.6 Å². The lowest BCUT2D eigenvalue weighted by molar-refractivity contribution is 0.609. The molecule has 1 aliphatic carbocycles. The van der Waals surface area contributed by atoms with E-state index in [1.54, 1.807) is 0 Å². The van der Waals surface area contributed by atoms with E-state index in [4.69, 9.17) is 11.6 Å². The van der Waals surface area contributed by atoms with Gasteiger partial charge in [-0.1, -0.05) is 18.5 Å². The van der Waals surface area contributed by atoms with E-state index in [2.05, 4.69) is 22.2 Å². The van der Waals surface area contributed by atoms with Gasteiger partial charge in [0.2, 0.25) is 0 Å². The van der Waals surface area contributed by atoms with Crippen LogP contribution in [0, 0.1) is 5.41 Å². The van der Waals surface area contributed by atoms with Gasteiger partial charge in [0.1, 0.15) is 5.02 Å². The van der Waals surface area contributed by atoms with Gasteiger partial charge in [-0.15, -0.1) is 0 Å². The molecule has 0 bridgehead atoms. The van der Waals surface area contributed by atoms with Gasteiger partial charge in [-0.3, -0.25) is 4.79 Å². The van der Waals surface area contributed by atoms with E-state index in [0.29, 0.717) is 11.2 Å². The van der Waals surface area contributed by atoms with E-state index in [1.165, 1.54) is 19.2 Å². The number of aromatic nitrogens is 2. The van der Waals surface area contributed by atoms with Crippen molar-refractivity contribution in [2.45, 2.75) is 19.8 Å². The number of nitrogens with one attached hydrogen (secondary N) is 2. The minimum absolute atomic E-state index is 0.136. The molecule has 76 valence electrons. The van der Waals surface area contributed by atoms with E-state index >= 15 is 0 Å². The highest BCUT2D eigenvalue weighted by Gasteiger charge is 2.37. The van der Waals surface area contributed by atoms with Crippen molar-refractivity contribution in [3.05, 3.63) is 21.7 Å². The highest BCUT2D eigenvalue weighted by atomic mass is 35.5. The summed E-state index contributed by atoms with van der Waals surface area (Å²) < 4.78 is 0. The van der Waals surface area contributed by atoms with Gasteiger partial charge < -0.3 is 10.3 Å². The van der Waals surface area contributed by atoms with Crippen LogP contribution in [0.2, 0.25) is 5.02 Å². The molecule has 1 aromatic heterocycles. The van der Waals surface area contributed by atoms with Crippen LogP contribution in [-0.2, 0) is 0 Å². The van der Waals surface area contributed by atoms with Crippen molar-refractivity contribution in [2.75, 3.05) is 11.9 Å². The van der Waals surface area contributed by atoms with E-state index in [1.807, 2.05) is 0 Å². The number of aromatic amines is 1. The summed E-state index contributed by atoms with van der Waals surface area (Å²) in [6.45, 7) is 3.02. The van der Waals surface area contributed by atoms with E-state index in [0.717, 1.165) is 6.54 Å². The summed E-state index contributed by atoms with van der Waals surface area (Å²) in [4.78, 5) is 17.5. The van der Waals surface area contributed by atoms with Gasteiger partial charge in [-0.25, -0.2) is 4.98 Å². The molecule has 4 nitrogen and oxygen atoms in total. The molecule has 0 spiro atoms. The van der Waals surface area contributed by atoms with Gasteiger partial charge in [0, 0.05) is 6.54 Å². The predicted octanol–water partition coefficient (Wildman–Crippen LogP) is 1.64. The van der Waals surface area contributed by atoms with Gasteiger partial charge in [0.15, 0.2) is 5.82 Å². The SMILES string of the molecule is CC1(CNc2nc[nH]c(=O)c2Cl)CC1. The summed E-state index contributed by atoms with van der Waals surface area (Å²) in [5.41, 5.74) is 0.0678. The van der Waals surface area contributed by atoms with Gasteiger partial charge in [0.05, 0.1) is 6.33 Å². The number of halogens is 1. The van der Waals surface area contributed by atoms with Crippen LogP contribution in [0.3, 0.4) is 0 Å². The molecular formula is C9H12ClN3O. The van der Waals surface area contributed by atoms with Crippen LogP contribution < -0.4 is 10.9 Å². The second-order valence-corrected chi connectivity index (χ2v) is 4.44. The molecule has 0 aromatic carbocycles. The Balaban J connectivity index is 2.09. The van der Waals surface area contributed by atoms with Gasteiger partial charge in [-0.05, 0) is 18.3 Å². The van der Waals surface area contributed by atoms with Crippen LogP contribution in [0.25, 0.3) is 0 Å². The first-order chi connectivity index (χ1) is 6.61. The largest absolute Gasteiger partial charge is 0.368 e. The molecule has 1 saturated carbocycles. The quantitative estimate of drug-likeness (QED) is 0.803. The molecule has 2 rings (SSSR count). The van der Waals surface area contributed by atoms with E-state index in [-0.39, 0.29) is 10.6 Å². The zero-order chi connectivity index (χ0) is 10.2. The molecule has 5 heteroatoms. The van der Waals surface area contributed by atoms with Gasteiger partial charge in [0.25, 0.3) is 5.56 Å². The molecule has 0 atom stereocenters. The minimum atomic E-state index is -0.301. The maximum absolute atomic E-state index is 11.1. The zero-order valence-corrected chi connectivity index (χ0v) is 8.69. The van der Waals surface area contributed by atoms with Crippen molar-refractivity contribution >= 4 is 17.4 Å². The molecule has 2 N–H and O–H groups in total. The van der Waals surface area contributed by atoms with Crippen molar-refractivity contribution in [2.24, 2.45) is 5.41 Å². The molecule has 0 saturated heterocycles. The van der Waals surface area contributed by atoms with Crippen molar-refractivity contribution in [3.8, 4) is 0 Å². The van der Waals surface area contributed by atoms with Crippen LogP contribution in [-0.4, -0.2) is 16.5 Å². The third-order valence-corrected chi connectivity index (χ3v) is 2.93. The summed E-state index contributed by atoms with van der Waals surface area (Å²) in [6, 6.07) is 0. The lowest BCUT2D eigenvalue weighted by Gasteiger charge is -2.10. The molecule has 1 heterocycles. The van der Waals surface area contributed by atoms with Crippen LogP contribution in [0.4, 0.5) is 5.82 Å². The molecular weight excluding hydrogens is 202 g/mol. The van der Waals surface area contributed by atoms with E-state index < -0.39 is 0 Å². The fraction of sp³-hybridized carbons (Fsp3) is 0.556.